The van der Waals surface area contributed by atoms with Crippen molar-refractivity contribution in [3.63, 3.8) is 0 Å². The second-order valence-electron chi connectivity index (χ2n) is 19.2. The molecule has 51 heavy (non-hydrogen) atoms. The highest BCUT2D eigenvalue weighted by Gasteiger charge is 2.65. The Kier molecular flexibility index (Phi) is 9.85. The summed E-state index contributed by atoms with van der Waals surface area (Å²) in [7, 11) is -2.75. The summed E-state index contributed by atoms with van der Waals surface area (Å²) < 4.78 is 13.7. The summed E-state index contributed by atoms with van der Waals surface area (Å²) in [5, 5.41) is 26.9. The Labute approximate surface area is 308 Å². The van der Waals surface area contributed by atoms with Crippen LogP contribution in [0.5, 0.6) is 0 Å². The van der Waals surface area contributed by atoms with Crippen molar-refractivity contribution in [2.75, 3.05) is 0 Å². The summed E-state index contributed by atoms with van der Waals surface area (Å²) in [4.78, 5) is 12.7. The first-order chi connectivity index (χ1) is 24.1. The van der Waals surface area contributed by atoms with Crippen molar-refractivity contribution in [2.24, 2.45) is 52.3 Å². The van der Waals surface area contributed by atoms with Gasteiger partial charge < -0.3 is 19.4 Å². The fraction of sp³-hybridized carbons (Fsp3) is 0.667. The second-order valence-corrected chi connectivity index (χ2v) is 23.4. The number of hydrogen-bond donors (Lipinski definition) is 2. The molecule has 4 fully saturated rings. The first-order valence-corrected chi connectivity index (χ1v) is 22.1. The van der Waals surface area contributed by atoms with Gasteiger partial charge >= 0.3 is 5.97 Å². The highest BCUT2D eigenvalue weighted by atomic mass is 28.4. The maximum Gasteiger partial charge on any atom is 0.306 e. The zero-order chi connectivity index (χ0) is 36.5. The number of fused-ring (bicyclic) bond motifs is 5. The zero-order valence-electron chi connectivity index (χ0n) is 32.5. The largest absolute Gasteiger partial charge is 0.462 e. The molecule has 4 aliphatic carbocycles. The van der Waals surface area contributed by atoms with Crippen LogP contribution in [0.1, 0.15) is 107 Å². The van der Waals surface area contributed by atoms with Gasteiger partial charge in [-0.3, -0.25) is 4.79 Å². The monoisotopic (exact) mass is 712 g/mol. The summed E-state index contributed by atoms with van der Waals surface area (Å²) in [5.74, 6) is 1.59. The number of hydrogen-bond acceptors (Lipinski definition) is 5. The van der Waals surface area contributed by atoms with Crippen LogP contribution in [0, 0.1) is 52.3 Å². The molecule has 5 aliphatic rings. The number of ether oxygens (including phenoxy) is 1. The summed E-state index contributed by atoms with van der Waals surface area (Å²) in [6.07, 6.45) is 8.07. The molecule has 2 aromatic carbocycles. The highest BCUT2D eigenvalue weighted by Crippen LogP contribution is 2.67. The molecular formula is C45H64O5Si. The SMILES string of the molecule is CC(C)[C@@H]1CC(=O)O[C@H]([C@@H](C)C2=CC[C@H]3[C@@H]4[C@@H](O)[C@H](O)[C@H]5C[C@@H](O[Si](c6ccccc6)(c6ccccc6)C(C)(C)C)CC[C@]5(C)[C@H]4CC[C@]23C)C1. The molecule has 0 radical (unpaired) electrons. The van der Waals surface area contributed by atoms with Crippen molar-refractivity contribution in [3.8, 4) is 0 Å². The summed E-state index contributed by atoms with van der Waals surface area (Å²) in [6.45, 7) is 18.6. The van der Waals surface area contributed by atoms with Gasteiger partial charge in [0.1, 0.15) is 6.10 Å². The molecule has 3 saturated carbocycles. The second kappa shape index (κ2) is 13.6. The lowest BCUT2D eigenvalue weighted by molar-refractivity contribution is -0.218. The number of aliphatic hydroxyl groups excluding tert-OH is 2. The Morgan fingerprint density at radius 1 is 0.843 bits per heavy atom. The molecule has 0 bridgehead atoms. The van der Waals surface area contributed by atoms with Crippen LogP contribution in [0.4, 0.5) is 0 Å². The number of aliphatic hydroxyl groups is 2. The van der Waals surface area contributed by atoms with Crippen LogP contribution >= 0.6 is 0 Å². The lowest BCUT2D eigenvalue weighted by atomic mass is 9.43. The van der Waals surface area contributed by atoms with Gasteiger partial charge in [-0.25, -0.2) is 0 Å². The molecule has 2 N–H and O–H groups in total. The van der Waals surface area contributed by atoms with E-state index >= 15 is 0 Å². The van der Waals surface area contributed by atoms with Crippen LogP contribution in [0.15, 0.2) is 72.3 Å². The van der Waals surface area contributed by atoms with Gasteiger partial charge in [-0.2, -0.15) is 0 Å². The van der Waals surface area contributed by atoms with Crippen molar-refractivity contribution in [1.82, 2.24) is 0 Å². The molecule has 0 spiro atoms. The molecule has 5 nitrogen and oxygen atoms in total. The zero-order valence-corrected chi connectivity index (χ0v) is 33.5. The van der Waals surface area contributed by atoms with E-state index in [0.29, 0.717) is 24.2 Å². The topological polar surface area (TPSA) is 76.0 Å². The van der Waals surface area contributed by atoms with Crippen molar-refractivity contribution in [2.45, 2.75) is 136 Å². The van der Waals surface area contributed by atoms with Crippen molar-refractivity contribution >= 4 is 24.7 Å². The minimum Gasteiger partial charge on any atom is -0.462 e. The minimum atomic E-state index is -2.75. The van der Waals surface area contributed by atoms with Gasteiger partial charge in [0.2, 0.25) is 0 Å². The summed E-state index contributed by atoms with van der Waals surface area (Å²) in [6, 6.07) is 21.8. The maximum absolute atomic E-state index is 12.7. The number of cyclic esters (lactones) is 1. The van der Waals surface area contributed by atoms with Crippen LogP contribution < -0.4 is 10.4 Å². The van der Waals surface area contributed by atoms with Crippen molar-refractivity contribution < 1.29 is 24.2 Å². The molecule has 1 saturated heterocycles. The van der Waals surface area contributed by atoms with Gasteiger partial charge in [0.15, 0.2) is 0 Å². The van der Waals surface area contributed by atoms with Crippen LogP contribution in [0.3, 0.4) is 0 Å². The Hall–Kier alpha value is -2.25. The smallest absolute Gasteiger partial charge is 0.306 e. The Bertz CT molecular complexity index is 1540. The van der Waals surface area contributed by atoms with E-state index in [1.165, 1.54) is 15.9 Å². The van der Waals surface area contributed by atoms with Gasteiger partial charge in [-0.15, -0.1) is 0 Å². The van der Waals surface area contributed by atoms with E-state index in [2.05, 4.69) is 122 Å². The standard InChI is InChI=1S/C45H64O5Si/c1-28(2)30-25-38(49-39(46)26-30)29(3)34-19-20-35-40-36(22-24-44(34,35)7)45(8)23-21-31(27-37(45)41(47)42(40)48)50-51(43(4,5)6,32-15-11-9-12-16-32)33-17-13-10-14-18-33/h9-19,28-31,35-38,40-42,47-48H,20-27H2,1-8H3/t29-,30-,31-,35-,36-,37+,38-,40-,41+,42+,44+,45+/m0/s1. The van der Waals surface area contributed by atoms with Crippen molar-refractivity contribution in [1.29, 1.82) is 0 Å². The molecule has 1 heterocycles. The molecule has 7 rings (SSSR count). The number of rotatable bonds is 7. The molecule has 2 aromatic rings. The first-order valence-electron chi connectivity index (χ1n) is 20.2. The predicted octanol–water partition coefficient (Wildman–Crippen LogP) is 8.07. The third-order valence-electron chi connectivity index (χ3n) is 15.3. The number of benzene rings is 2. The molecule has 12 atom stereocenters. The van der Waals surface area contributed by atoms with Crippen LogP contribution in [-0.4, -0.2) is 48.9 Å². The van der Waals surface area contributed by atoms with Gasteiger partial charge in [0.05, 0.1) is 12.2 Å². The van der Waals surface area contributed by atoms with Crippen molar-refractivity contribution in [3.05, 3.63) is 72.3 Å². The Morgan fingerprint density at radius 3 is 2.06 bits per heavy atom. The fourth-order valence-electron chi connectivity index (χ4n) is 12.5. The Morgan fingerprint density at radius 2 is 1.47 bits per heavy atom. The average Bonchev–Trinajstić information content (AvgIpc) is 3.46. The van der Waals surface area contributed by atoms with E-state index < -0.39 is 20.5 Å². The number of carbonyl (C=O) groups excluding carboxylic acids is 1. The predicted molar refractivity (Wildman–Crippen MR) is 207 cm³/mol. The summed E-state index contributed by atoms with van der Waals surface area (Å²) >= 11 is 0. The van der Waals surface area contributed by atoms with Gasteiger partial charge in [-0.1, -0.05) is 128 Å². The van der Waals surface area contributed by atoms with E-state index in [9.17, 15) is 15.0 Å². The van der Waals surface area contributed by atoms with E-state index in [0.717, 1.165) is 44.9 Å². The molecular weight excluding hydrogens is 649 g/mol. The Balaban J connectivity index is 1.14. The maximum atomic E-state index is 12.7. The van der Waals surface area contributed by atoms with Gasteiger partial charge in [-0.05, 0) is 107 Å². The van der Waals surface area contributed by atoms with E-state index in [-0.39, 0.29) is 57.7 Å². The van der Waals surface area contributed by atoms with E-state index in [1.54, 1.807) is 0 Å². The van der Waals surface area contributed by atoms with E-state index in [4.69, 9.17) is 9.16 Å². The van der Waals surface area contributed by atoms with Crippen LogP contribution in [0.25, 0.3) is 0 Å². The number of esters is 1. The molecule has 6 heteroatoms. The van der Waals surface area contributed by atoms with E-state index in [1.807, 2.05) is 0 Å². The molecule has 0 amide bonds. The van der Waals surface area contributed by atoms with Crippen LogP contribution in [-0.2, 0) is 14.0 Å². The molecule has 278 valence electrons. The number of allylic oxidation sites excluding steroid dienone is 1. The van der Waals surface area contributed by atoms with Gasteiger partial charge in [0.25, 0.3) is 8.32 Å². The normalized spacial score (nSPS) is 39.0. The minimum absolute atomic E-state index is 0.00936. The lowest BCUT2D eigenvalue weighted by Crippen LogP contribution is -2.69. The third-order valence-corrected chi connectivity index (χ3v) is 20.4. The number of carbonyl (C=O) groups is 1. The fourth-order valence-corrected chi connectivity index (χ4v) is 17.2. The molecule has 1 aliphatic heterocycles. The molecule has 0 unspecified atom stereocenters. The molecule has 0 aromatic heterocycles. The lowest BCUT2D eigenvalue weighted by Gasteiger charge is -2.64. The quantitative estimate of drug-likeness (QED) is 0.173. The summed E-state index contributed by atoms with van der Waals surface area (Å²) in [5.41, 5.74) is 1.29. The first kappa shape index (κ1) is 37.1. The average molecular weight is 713 g/mol. The van der Waals surface area contributed by atoms with Gasteiger partial charge in [0, 0.05) is 18.4 Å². The van der Waals surface area contributed by atoms with Crippen LogP contribution in [0.2, 0.25) is 5.04 Å². The highest BCUT2D eigenvalue weighted by molar-refractivity contribution is 6.99. The third kappa shape index (κ3) is 6.03.